The lowest BCUT2D eigenvalue weighted by Gasteiger charge is -2.30. The van der Waals surface area contributed by atoms with Gasteiger partial charge in [0, 0.05) is 16.5 Å². The molecule has 1 N–H and O–H groups in total. The van der Waals surface area contributed by atoms with E-state index in [1.807, 2.05) is 6.07 Å². The molecule has 0 amide bonds. The van der Waals surface area contributed by atoms with Gasteiger partial charge in [0.15, 0.2) is 11.5 Å². The van der Waals surface area contributed by atoms with Gasteiger partial charge in [0.05, 0.1) is 19.3 Å². The highest BCUT2D eigenvalue weighted by Gasteiger charge is 2.31. The van der Waals surface area contributed by atoms with E-state index in [9.17, 15) is 5.11 Å². The third-order valence-electron chi connectivity index (χ3n) is 3.77. The highest BCUT2D eigenvalue weighted by atomic mass is 79.9. The van der Waals surface area contributed by atoms with E-state index < -0.39 is 6.10 Å². The van der Waals surface area contributed by atoms with E-state index in [-0.39, 0.29) is 0 Å². The summed E-state index contributed by atoms with van der Waals surface area (Å²) in [4.78, 5) is 0. The fraction of sp³-hybridized carbons (Fsp3) is 0.571. The Balaban J connectivity index is 2.21. The molecular weight excluding hydrogens is 296 g/mol. The van der Waals surface area contributed by atoms with Crippen molar-refractivity contribution in [3.05, 3.63) is 21.7 Å². The number of benzene rings is 1. The minimum atomic E-state index is -0.441. The van der Waals surface area contributed by atoms with Crippen LogP contribution >= 0.6 is 15.9 Å². The zero-order chi connectivity index (χ0) is 12.7. The number of halogens is 1. The Hall–Kier alpha value is -0.740. The molecule has 3 rings (SSSR count). The average molecular weight is 313 g/mol. The summed E-state index contributed by atoms with van der Waals surface area (Å²) in [6.45, 7) is 3.52. The summed E-state index contributed by atoms with van der Waals surface area (Å²) < 4.78 is 12.5. The Bertz CT molecular complexity index is 473. The second-order valence-electron chi connectivity index (χ2n) is 5.06. The Morgan fingerprint density at radius 3 is 2.83 bits per heavy atom. The first-order chi connectivity index (χ1) is 8.68. The number of hydrogen-bond donors (Lipinski definition) is 1. The quantitative estimate of drug-likeness (QED) is 0.796. The number of hydrogen-bond acceptors (Lipinski definition) is 3. The predicted molar refractivity (Wildman–Crippen MR) is 72.4 cm³/mol. The lowest BCUT2D eigenvalue weighted by molar-refractivity contribution is 0.145. The molecule has 1 aromatic carbocycles. The van der Waals surface area contributed by atoms with E-state index in [1.165, 1.54) is 5.56 Å². The van der Waals surface area contributed by atoms with Crippen LogP contribution in [0.1, 0.15) is 49.3 Å². The van der Waals surface area contributed by atoms with Gasteiger partial charge in [0.1, 0.15) is 0 Å². The molecule has 4 heteroatoms. The van der Waals surface area contributed by atoms with Gasteiger partial charge in [-0.2, -0.15) is 0 Å². The lowest BCUT2D eigenvalue weighted by Crippen LogP contribution is -2.15. The Kier molecular flexibility index (Phi) is 3.24. The molecule has 1 aliphatic carbocycles. The smallest absolute Gasteiger partial charge is 0.167 e. The largest absolute Gasteiger partial charge is 0.490 e. The van der Waals surface area contributed by atoms with Crippen LogP contribution in [0.25, 0.3) is 0 Å². The highest BCUT2D eigenvalue weighted by Crippen LogP contribution is 2.50. The second kappa shape index (κ2) is 4.74. The molecule has 0 radical (unpaired) electrons. The van der Waals surface area contributed by atoms with E-state index in [0.29, 0.717) is 19.1 Å². The van der Waals surface area contributed by atoms with Crippen LogP contribution in [0.5, 0.6) is 11.5 Å². The van der Waals surface area contributed by atoms with Gasteiger partial charge < -0.3 is 14.6 Å². The van der Waals surface area contributed by atoms with Crippen LogP contribution in [0.3, 0.4) is 0 Å². The number of aliphatic hydroxyl groups excluding tert-OH is 1. The fourth-order valence-electron chi connectivity index (χ4n) is 2.84. The molecule has 18 heavy (non-hydrogen) atoms. The second-order valence-corrected chi connectivity index (χ2v) is 5.91. The summed E-state index contributed by atoms with van der Waals surface area (Å²) in [6.07, 6.45) is 2.24. The molecule has 0 spiro atoms. The maximum atomic E-state index is 10.3. The zero-order valence-electron chi connectivity index (χ0n) is 10.4. The van der Waals surface area contributed by atoms with Crippen LogP contribution in [0.2, 0.25) is 0 Å². The number of fused-ring (bicyclic) bond motifs is 3. The fourth-order valence-corrected chi connectivity index (χ4v) is 3.65. The zero-order valence-corrected chi connectivity index (χ0v) is 12.0. The summed E-state index contributed by atoms with van der Waals surface area (Å²) >= 11 is 3.61. The Labute approximate surface area is 115 Å². The van der Waals surface area contributed by atoms with Crippen LogP contribution in [-0.2, 0) is 0 Å². The summed E-state index contributed by atoms with van der Waals surface area (Å²) in [5.41, 5.74) is 2.11. The van der Waals surface area contributed by atoms with Crippen LogP contribution < -0.4 is 9.47 Å². The summed E-state index contributed by atoms with van der Waals surface area (Å²) in [6, 6.07) is 1.98. The predicted octanol–water partition coefficient (Wildman–Crippen LogP) is 3.54. The number of rotatable bonds is 0. The van der Waals surface area contributed by atoms with Gasteiger partial charge in [0.25, 0.3) is 0 Å². The number of aliphatic hydroxyl groups is 1. The van der Waals surface area contributed by atoms with Crippen molar-refractivity contribution >= 4 is 15.9 Å². The van der Waals surface area contributed by atoms with Crippen molar-refractivity contribution in [2.24, 2.45) is 0 Å². The molecular formula is C14H17BrO3. The summed E-state index contributed by atoms with van der Waals surface area (Å²) in [5, 5.41) is 10.3. The summed E-state index contributed by atoms with van der Waals surface area (Å²) in [7, 11) is 0. The maximum absolute atomic E-state index is 10.3. The van der Waals surface area contributed by atoms with Crippen LogP contribution in [0.4, 0.5) is 0 Å². The SMILES string of the molecule is CC1CC[C@@H](O)c2c3c(cc(Br)c21)OCCCO3. The molecule has 98 valence electrons. The van der Waals surface area contributed by atoms with E-state index >= 15 is 0 Å². The molecule has 2 atom stereocenters. The molecule has 1 aliphatic heterocycles. The first-order valence-corrected chi connectivity index (χ1v) is 7.27. The van der Waals surface area contributed by atoms with Crippen molar-refractivity contribution in [3.8, 4) is 11.5 Å². The minimum Gasteiger partial charge on any atom is -0.490 e. The first-order valence-electron chi connectivity index (χ1n) is 6.48. The average Bonchev–Trinajstić information content (AvgIpc) is 2.58. The van der Waals surface area contributed by atoms with Crippen LogP contribution in [0.15, 0.2) is 10.5 Å². The van der Waals surface area contributed by atoms with Crippen LogP contribution in [0, 0.1) is 0 Å². The van der Waals surface area contributed by atoms with Crippen LogP contribution in [-0.4, -0.2) is 18.3 Å². The topological polar surface area (TPSA) is 38.7 Å². The molecule has 1 aromatic rings. The van der Waals surface area contributed by atoms with Gasteiger partial charge in [-0.3, -0.25) is 0 Å². The van der Waals surface area contributed by atoms with Crippen molar-refractivity contribution in [2.75, 3.05) is 13.2 Å². The highest BCUT2D eigenvalue weighted by molar-refractivity contribution is 9.10. The van der Waals surface area contributed by atoms with E-state index in [0.717, 1.165) is 40.8 Å². The standard InChI is InChI=1S/C14H17BrO3/c1-8-3-4-10(16)13-12(8)9(15)7-11-14(13)18-6-2-5-17-11/h7-8,10,16H,2-6H2,1H3/t8?,10-/m1/s1. The molecule has 3 nitrogen and oxygen atoms in total. The van der Waals surface area contributed by atoms with Crippen molar-refractivity contribution < 1.29 is 14.6 Å². The maximum Gasteiger partial charge on any atom is 0.167 e. The minimum absolute atomic E-state index is 0.440. The Morgan fingerprint density at radius 1 is 1.22 bits per heavy atom. The van der Waals surface area contributed by atoms with E-state index in [1.54, 1.807) is 0 Å². The normalized spacial score (nSPS) is 26.4. The van der Waals surface area contributed by atoms with E-state index in [4.69, 9.17) is 9.47 Å². The van der Waals surface area contributed by atoms with Gasteiger partial charge in [-0.1, -0.05) is 22.9 Å². The molecule has 0 bridgehead atoms. The van der Waals surface area contributed by atoms with Gasteiger partial charge in [-0.05, 0) is 30.4 Å². The van der Waals surface area contributed by atoms with Crippen molar-refractivity contribution in [3.63, 3.8) is 0 Å². The van der Waals surface area contributed by atoms with Gasteiger partial charge in [-0.15, -0.1) is 0 Å². The molecule has 0 saturated heterocycles. The van der Waals surface area contributed by atoms with Crippen molar-refractivity contribution in [1.29, 1.82) is 0 Å². The monoisotopic (exact) mass is 312 g/mol. The third kappa shape index (κ3) is 1.91. The molecule has 1 unspecified atom stereocenters. The number of ether oxygens (including phenoxy) is 2. The molecule has 1 heterocycles. The lowest BCUT2D eigenvalue weighted by atomic mass is 9.81. The van der Waals surface area contributed by atoms with Crippen molar-refractivity contribution in [1.82, 2.24) is 0 Å². The van der Waals surface area contributed by atoms with Gasteiger partial charge in [-0.25, -0.2) is 0 Å². The molecule has 0 aromatic heterocycles. The Morgan fingerprint density at radius 2 is 2.00 bits per heavy atom. The first kappa shape index (κ1) is 12.3. The molecule has 2 aliphatic rings. The van der Waals surface area contributed by atoms with Crippen molar-refractivity contribution in [2.45, 2.75) is 38.2 Å². The third-order valence-corrected chi connectivity index (χ3v) is 4.42. The van der Waals surface area contributed by atoms with E-state index in [2.05, 4.69) is 22.9 Å². The molecule has 0 saturated carbocycles. The van der Waals surface area contributed by atoms with Gasteiger partial charge in [0.2, 0.25) is 0 Å². The molecule has 0 fully saturated rings. The van der Waals surface area contributed by atoms with Gasteiger partial charge >= 0.3 is 0 Å². The summed E-state index contributed by atoms with van der Waals surface area (Å²) in [5.74, 6) is 1.95.